The first kappa shape index (κ1) is 13.6. The van der Waals surface area contributed by atoms with Crippen LogP contribution in [0.5, 0.6) is 0 Å². The molecule has 1 aromatic carbocycles. The van der Waals surface area contributed by atoms with E-state index in [-0.39, 0.29) is 5.78 Å². The van der Waals surface area contributed by atoms with Crippen molar-refractivity contribution in [3.05, 3.63) is 52.0 Å². The van der Waals surface area contributed by atoms with Gasteiger partial charge in [-0.25, -0.2) is 4.98 Å². The van der Waals surface area contributed by atoms with Gasteiger partial charge in [0.2, 0.25) is 0 Å². The molecule has 0 amide bonds. The molecular weight excluding hydrogens is 290 g/mol. The van der Waals surface area contributed by atoms with Crippen LogP contribution in [-0.2, 0) is 12.8 Å². The van der Waals surface area contributed by atoms with Crippen molar-refractivity contribution in [3.63, 3.8) is 0 Å². The van der Waals surface area contributed by atoms with Gasteiger partial charge < -0.3 is 0 Å². The van der Waals surface area contributed by atoms with Crippen LogP contribution in [0, 0.1) is 6.92 Å². The fourth-order valence-electron chi connectivity index (χ4n) is 3.56. The zero-order valence-corrected chi connectivity index (χ0v) is 13.6. The van der Waals surface area contributed by atoms with Crippen molar-refractivity contribution in [2.45, 2.75) is 33.1 Å². The summed E-state index contributed by atoms with van der Waals surface area (Å²) in [6.07, 6.45) is 3.48. The molecule has 4 rings (SSSR count). The molecule has 1 aliphatic rings. The molecule has 0 saturated heterocycles. The van der Waals surface area contributed by atoms with Crippen molar-refractivity contribution >= 4 is 27.3 Å². The van der Waals surface area contributed by atoms with Crippen LogP contribution in [0.2, 0.25) is 0 Å². The average molecular weight is 307 g/mol. The molecule has 0 atom stereocenters. The van der Waals surface area contributed by atoms with Crippen LogP contribution in [-0.4, -0.2) is 10.8 Å². The molecule has 0 aliphatic heterocycles. The van der Waals surface area contributed by atoms with Gasteiger partial charge in [-0.2, -0.15) is 0 Å². The van der Waals surface area contributed by atoms with Crippen molar-refractivity contribution < 1.29 is 4.79 Å². The standard InChI is InChI=1S/C19H17NOS/c1-11-16(12(2)21)17(13-7-4-3-5-8-13)18-14-9-6-10-15(14)22-19(18)20-11/h3-5,7-8H,6,9-10H2,1-2H3. The molecule has 0 bridgehead atoms. The summed E-state index contributed by atoms with van der Waals surface area (Å²) in [7, 11) is 0. The Morgan fingerprint density at radius 1 is 1.18 bits per heavy atom. The quantitative estimate of drug-likeness (QED) is 0.626. The Hall–Kier alpha value is -2.00. The van der Waals surface area contributed by atoms with Gasteiger partial charge in [-0.05, 0) is 44.2 Å². The maximum atomic E-state index is 12.3. The third kappa shape index (κ3) is 1.92. The van der Waals surface area contributed by atoms with E-state index in [9.17, 15) is 4.79 Å². The highest BCUT2D eigenvalue weighted by molar-refractivity contribution is 7.19. The summed E-state index contributed by atoms with van der Waals surface area (Å²) in [5, 5.41) is 1.22. The molecule has 0 N–H and O–H groups in total. The molecule has 1 aliphatic carbocycles. The number of carbonyl (C=O) groups is 1. The van der Waals surface area contributed by atoms with E-state index >= 15 is 0 Å². The Kier molecular flexibility index (Phi) is 3.12. The fourth-order valence-corrected chi connectivity index (χ4v) is 4.88. The van der Waals surface area contributed by atoms with E-state index in [1.807, 2.05) is 36.5 Å². The predicted octanol–water partition coefficient (Wildman–Crippen LogP) is 4.96. The van der Waals surface area contributed by atoms with Gasteiger partial charge in [-0.3, -0.25) is 4.79 Å². The molecular formula is C19H17NOS. The number of nitrogens with zero attached hydrogens (tertiary/aromatic N) is 1. The Bertz CT molecular complexity index is 893. The van der Waals surface area contributed by atoms with Gasteiger partial charge in [-0.1, -0.05) is 30.3 Å². The predicted molar refractivity (Wildman–Crippen MR) is 91.8 cm³/mol. The van der Waals surface area contributed by atoms with Crippen molar-refractivity contribution in [2.75, 3.05) is 0 Å². The number of aromatic nitrogens is 1. The fraction of sp³-hybridized carbons (Fsp3) is 0.263. The van der Waals surface area contributed by atoms with Crippen LogP contribution in [0.15, 0.2) is 30.3 Å². The minimum Gasteiger partial charge on any atom is -0.294 e. The number of hydrogen-bond donors (Lipinski definition) is 0. The molecule has 3 aromatic rings. The van der Waals surface area contributed by atoms with E-state index in [0.717, 1.165) is 40.1 Å². The molecule has 22 heavy (non-hydrogen) atoms. The number of ketones is 1. The second-order valence-corrected chi connectivity index (χ2v) is 6.99. The van der Waals surface area contributed by atoms with Crippen LogP contribution in [0.4, 0.5) is 0 Å². The van der Waals surface area contributed by atoms with Crippen molar-refractivity contribution in [3.8, 4) is 11.1 Å². The third-order valence-electron chi connectivity index (χ3n) is 4.45. The molecule has 0 fully saturated rings. The van der Waals surface area contributed by atoms with Gasteiger partial charge in [0.05, 0.1) is 5.69 Å². The number of benzene rings is 1. The van der Waals surface area contributed by atoms with Crippen LogP contribution in [0.25, 0.3) is 21.3 Å². The zero-order chi connectivity index (χ0) is 15.3. The Labute approximate surface area is 133 Å². The number of pyridine rings is 1. The normalized spacial score (nSPS) is 13.5. The van der Waals surface area contributed by atoms with Crippen molar-refractivity contribution in [2.24, 2.45) is 0 Å². The summed E-state index contributed by atoms with van der Waals surface area (Å²) in [6, 6.07) is 10.3. The number of rotatable bonds is 2. The van der Waals surface area contributed by atoms with Gasteiger partial charge in [0.15, 0.2) is 5.78 Å². The van der Waals surface area contributed by atoms with Gasteiger partial charge in [0.1, 0.15) is 4.83 Å². The maximum absolute atomic E-state index is 12.3. The van der Waals surface area contributed by atoms with E-state index in [0.29, 0.717) is 0 Å². The minimum atomic E-state index is 0.101. The summed E-state index contributed by atoms with van der Waals surface area (Å²) in [5.41, 5.74) is 5.27. The van der Waals surface area contributed by atoms with E-state index in [4.69, 9.17) is 4.98 Å². The third-order valence-corrected chi connectivity index (χ3v) is 5.63. The van der Waals surface area contributed by atoms with Crippen LogP contribution in [0.1, 0.15) is 39.8 Å². The second-order valence-electron chi connectivity index (χ2n) is 5.91. The number of carbonyl (C=O) groups excluding carboxylic acids is 1. The highest BCUT2D eigenvalue weighted by Crippen LogP contribution is 2.43. The summed E-state index contributed by atoms with van der Waals surface area (Å²) < 4.78 is 0. The largest absolute Gasteiger partial charge is 0.294 e. The van der Waals surface area contributed by atoms with Crippen LogP contribution in [0.3, 0.4) is 0 Å². The van der Waals surface area contributed by atoms with E-state index in [2.05, 4.69) is 12.1 Å². The van der Waals surface area contributed by atoms with Crippen LogP contribution >= 0.6 is 11.3 Å². The van der Waals surface area contributed by atoms with Crippen LogP contribution < -0.4 is 0 Å². The smallest absolute Gasteiger partial charge is 0.162 e. The lowest BCUT2D eigenvalue weighted by Crippen LogP contribution is -2.03. The van der Waals surface area contributed by atoms with Crippen molar-refractivity contribution in [1.29, 1.82) is 0 Å². The second kappa shape index (κ2) is 5.03. The molecule has 3 heteroatoms. The van der Waals surface area contributed by atoms with Crippen molar-refractivity contribution in [1.82, 2.24) is 4.98 Å². The highest BCUT2D eigenvalue weighted by atomic mass is 32.1. The van der Waals surface area contributed by atoms with Gasteiger partial charge in [-0.15, -0.1) is 11.3 Å². The molecule has 2 aromatic heterocycles. The summed E-state index contributed by atoms with van der Waals surface area (Å²) in [4.78, 5) is 19.6. The highest BCUT2D eigenvalue weighted by Gasteiger charge is 2.25. The maximum Gasteiger partial charge on any atom is 0.162 e. The number of aryl methyl sites for hydroxylation is 3. The average Bonchev–Trinajstić information content (AvgIpc) is 3.06. The molecule has 2 heterocycles. The molecule has 110 valence electrons. The summed E-state index contributed by atoms with van der Waals surface area (Å²) in [5.74, 6) is 0.101. The first-order chi connectivity index (χ1) is 10.7. The molecule has 0 spiro atoms. The lowest BCUT2D eigenvalue weighted by molar-refractivity contribution is 0.101. The Morgan fingerprint density at radius 2 is 1.95 bits per heavy atom. The van der Waals surface area contributed by atoms with Gasteiger partial charge >= 0.3 is 0 Å². The lowest BCUT2D eigenvalue weighted by atomic mass is 9.92. The SMILES string of the molecule is CC(=O)c1c(C)nc2sc3c(c2c1-c1ccccc1)CCC3. The molecule has 0 saturated carbocycles. The van der Waals surface area contributed by atoms with E-state index < -0.39 is 0 Å². The first-order valence-corrected chi connectivity index (χ1v) is 8.49. The van der Waals surface area contributed by atoms with Gasteiger partial charge in [0, 0.05) is 21.4 Å². The van der Waals surface area contributed by atoms with E-state index in [1.54, 1.807) is 6.92 Å². The number of Topliss-reactive ketones (excluding diaryl/α,β-unsaturated/α-hetero) is 1. The molecule has 2 nitrogen and oxygen atoms in total. The Balaban J connectivity index is 2.18. The number of fused-ring (bicyclic) bond motifs is 3. The monoisotopic (exact) mass is 307 g/mol. The Morgan fingerprint density at radius 3 is 2.68 bits per heavy atom. The summed E-state index contributed by atoms with van der Waals surface area (Å²) in [6.45, 7) is 3.60. The minimum absolute atomic E-state index is 0.101. The first-order valence-electron chi connectivity index (χ1n) is 7.68. The number of hydrogen-bond acceptors (Lipinski definition) is 3. The van der Waals surface area contributed by atoms with E-state index in [1.165, 1.54) is 22.2 Å². The summed E-state index contributed by atoms with van der Waals surface area (Å²) >= 11 is 1.81. The number of thiophene rings is 1. The molecule has 0 unspecified atom stereocenters. The lowest BCUT2D eigenvalue weighted by Gasteiger charge is -2.13. The topological polar surface area (TPSA) is 30.0 Å². The molecule has 0 radical (unpaired) electrons. The van der Waals surface area contributed by atoms with Gasteiger partial charge in [0.25, 0.3) is 0 Å². The zero-order valence-electron chi connectivity index (χ0n) is 12.8.